The number of hydrogen-bond acceptors (Lipinski definition) is 6. The van der Waals surface area contributed by atoms with Crippen LogP contribution in [0, 0.1) is 19.7 Å². The van der Waals surface area contributed by atoms with Gasteiger partial charge in [-0.05, 0) is 25.5 Å². The largest absolute Gasteiger partial charge is 0.387 e. The van der Waals surface area contributed by atoms with Gasteiger partial charge in [-0.2, -0.15) is 5.10 Å². The maximum atomic E-state index is 13.3. The van der Waals surface area contributed by atoms with Crippen molar-refractivity contribution in [3.8, 4) is 0 Å². The topological polar surface area (TPSA) is 79.5 Å². The monoisotopic (exact) mass is 437 g/mol. The second kappa shape index (κ2) is 8.96. The summed E-state index contributed by atoms with van der Waals surface area (Å²) in [4.78, 5) is 17.6. The normalized spacial score (nSPS) is 13.8. The summed E-state index contributed by atoms with van der Waals surface area (Å²) in [6.07, 6.45) is 6.49. The van der Waals surface area contributed by atoms with Gasteiger partial charge in [0.05, 0.1) is 17.1 Å². The number of imidazole rings is 1. The van der Waals surface area contributed by atoms with Crippen molar-refractivity contribution in [1.29, 1.82) is 0 Å². The highest BCUT2D eigenvalue weighted by atomic mass is 19.1. The first kappa shape index (κ1) is 21.8. The third-order valence-corrected chi connectivity index (χ3v) is 5.58. The molecule has 8 nitrogen and oxygen atoms in total. The lowest BCUT2D eigenvalue weighted by Crippen LogP contribution is -2.43. The molecular weight excluding hydrogens is 409 g/mol. The molecular formula is C23H28FN7O. The van der Waals surface area contributed by atoms with Crippen LogP contribution in [0.15, 0.2) is 30.7 Å². The minimum atomic E-state index is -0.306. The van der Waals surface area contributed by atoms with Crippen LogP contribution in [-0.4, -0.2) is 58.7 Å². The summed E-state index contributed by atoms with van der Waals surface area (Å²) in [5.74, 6) is -0.306. The van der Waals surface area contributed by atoms with E-state index in [1.54, 1.807) is 28.5 Å². The van der Waals surface area contributed by atoms with Gasteiger partial charge < -0.3 is 19.9 Å². The minimum absolute atomic E-state index is 0.306. The molecule has 0 saturated carbocycles. The van der Waals surface area contributed by atoms with Gasteiger partial charge in [0.15, 0.2) is 17.8 Å². The molecule has 4 heterocycles. The lowest BCUT2D eigenvalue weighted by molar-refractivity contribution is 0.112. The van der Waals surface area contributed by atoms with Crippen LogP contribution >= 0.6 is 0 Å². The third-order valence-electron chi connectivity index (χ3n) is 5.58. The molecule has 0 atom stereocenters. The Morgan fingerprint density at radius 3 is 2.59 bits per heavy atom. The molecule has 2 N–H and O–H groups in total. The predicted octanol–water partition coefficient (Wildman–Crippen LogP) is 2.93. The van der Waals surface area contributed by atoms with Crippen LogP contribution < -0.4 is 15.5 Å². The molecule has 1 fully saturated rings. The van der Waals surface area contributed by atoms with E-state index in [1.807, 2.05) is 26.2 Å². The van der Waals surface area contributed by atoms with Gasteiger partial charge in [0.1, 0.15) is 5.52 Å². The molecule has 32 heavy (non-hydrogen) atoms. The number of aromatic nitrogens is 4. The summed E-state index contributed by atoms with van der Waals surface area (Å²) in [5, 5.41) is 11.7. The number of halogens is 1. The zero-order chi connectivity index (χ0) is 22.8. The number of piperazine rings is 1. The zero-order valence-electron chi connectivity index (χ0n) is 18.8. The number of aldehydes is 1. The SMILES string of the molecule is CNc1cc(F)c2nc(C)cn2c1.Cc1cc(C=O)c2nn(C)cc2c1N1CCNCC1. The van der Waals surface area contributed by atoms with E-state index in [1.165, 1.54) is 11.8 Å². The Hall–Kier alpha value is -3.46. The summed E-state index contributed by atoms with van der Waals surface area (Å²) in [5.41, 5.74) is 5.76. The van der Waals surface area contributed by atoms with E-state index in [2.05, 4.69) is 32.5 Å². The molecule has 0 aliphatic carbocycles. The fourth-order valence-electron chi connectivity index (χ4n) is 4.17. The molecule has 0 radical (unpaired) electrons. The Bertz CT molecular complexity index is 1270. The molecule has 3 aromatic heterocycles. The molecule has 0 bridgehead atoms. The molecule has 0 unspecified atom stereocenters. The molecule has 4 aromatic rings. The lowest BCUT2D eigenvalue weighted by Gasteiger charge is -2.31. The first-order valence-electron chi connectivity index (χ1n) is 10.6. The van der Waals surface area contributed by atoms with Crippen molar-refractivity contribution in [2.75, 3.05) is 43.4 Å². The van der Waals surface area contributed by atoms with Crippen molar-refractivity contribution < 1.29 is 9.18 Å². The molecule has 1 aromatic carbocycles. The number of hydrogen-bond donors (Lipinski definition) is 2. The summed E-state index contributed by atoms with van der Waals surface area (Å²) in [6.45, 7) is 7.88. The van der Waals surface area contributed by atoms with E-state index < -0.39 is 0 Å². The van der Waals surface area contributed by atoms with Gasteiger partial charge in [-0.1, -0.05) is 0 Å². The molecule has 1 aliphatic rings. The van der Waals surface area contributed by atoms with Crippen LogP contribution in [0.4, 0.5) is 15.8 Å². The Balaban J connectivity index is 0.000000165. The van der Waals surface area contributed by atoms with Gasteiger partial charge in [0.25, 0.3) is 0 Å². The van der Waals surface area contributed by atoms with E-state index in [9.17, 15) is 9.18 Å². The van der Waals surface area contributed by atoms with Crippen LogP contribution in [0.3, 0.4) is 0 Å². The average molecular weight is 438 g/mol. The minimum Gasteiger partial charge on any atom is -0.387 e. The fourth-order valence-corrected chi connectivity index (χ4v) is 4.17. The van der Waals surface area contributed by atoms with Crippen LogP contribution in [0.5, 0.6) is 0 Å². The van der Waals surface area contributed by atoms with Crippen LogP contribution in [0.2, 0.25) is 0 Å². The van der Waals surface area contributed by atoms with Crippen LogP contribution in [0.25, 0.3) is 16.6 Å². The average Bonchev–Trinajstić information content (AvgIpc) is 3.36. The standard InChI is InChI=1S/C14H18N4O.C9H10FN3/c1-10-7-11(9-19)13-12(8-17(2)16-13)14(10)18-5-3-15-4-6-18;1-6-4-13-5-7(11-2)3-8(10)9(13)12-6/h7-9,15H,3-6H2,1-2H3;3-5,11H,1-2H3. The Labute approximate surface area is 186 Å². The molecule has 1 saturated heterocycles. The summed E-state index contributed by atoms with van der Waals surface area (Å²) in [7, 11) is 3.65. The third kappa shape index (κ3) is 4.16. The second-order valence-electron chi connectivity index (χ2n) is 7.99. The summed E-state index contributed by atoms with van der Waals surface area (Å²) in [6, 6.07) is 3.38. The Kier molecular flexibility index (Phi) is 6.09. The Morgan fingerprint density at radius 1 is 1.16 bits per heavy atom. The van der Waals surface area contributed by atoms with E-state index >= 15 is 0 Å². The van der Waals surface area contributed by atoms with Crippen molar-refractivity contribution in [3.63, 3.8) is 0 Å². The summed E-state index contributed by atoms with van der Waals surface area (Å²) < 4.78 is 16.8. The predicted molar refractivity (Wildman–Crippen MR) is 125 cm³/mol. The maximum Gasteiger partial charge on any atom is 0.173 e. The molecule has 1 aliphatic heterocycles. The molecule has 0 spiro atoms. The van der Waals surface area contributed by atoms with Gasteiger partial charge in [0, 0.05) is 75.9 Å². The number of aryl methyl sites for hydroxylation is 3. The number of rotatable bonds is 3. The quantitative estimate of drug-likeness (QED) is 0.480. The van der Waals surface area contributed by atoms with Crippen LogP contribution in [-0.2, 0) is 7.05 Å². The number of nitrogens with one attached hydrogen (secondary N) is 2. The Morgan fingerprint density at radius 2 is 1.91 bits per heavy atom. The van der Waals surface area contributed by atoms with Crippen molar-refractivity contribution >= 4 is 34.2 Å². The van der Waals surface area contributed by atoms with Crippen molar-refractivity contribution in [2.45, 2.75) is 13.8 Å². The van der Waals surface area contributed by atoms with Gasteiger partial charge in [0.2, 0.25) is 0 Å². The highest BCUT2D eigenvalue weighted by Gasteiger charge is 2.19. The van der Waals surface area contributed by atoms with Crippen molar-refractivity contribution in [1.82, 2.24) is 24.5 Å². The lowest BCUT2D eigenvalue weighted by atomic mass is 10.0. The van der Waals surface area contributed by atoms with Crippen molar-refractivity contribution in [2.24, 2.45) is 7.05 Å². The summed E-state index contributed by atoms with van der Waals surface area (Å²) >= 11 is 0. The number of carbonyl (C=O) groups excluding carboxylic acids is 1. The number of nitrogens with zero attached hydrogens (tertiary/aromatic N) is 5. The highest BCUT2D eigenvalue weighted by Crippen LogP contribution is 2.32. The van der Waals surface area contributed by atoms with E-state index in [0.29, 0.717) is 11.2 Å². The molecule has 0 amide bonds. The smallest absolute Gasteiger partial charge is 0.173 e. The van der Waals surface area contributed by atoms with Gasteiger partial charge in [-0.25, -0.2) is 9.37 Å². The number of pyridine rings is 1. The van der Waals surface area contributed by atoms with E-state index in [0.717, 1.165) is 60.3 Å². The highest BCUT2D eigenvalue weighted by molar-refractivity contribution is 6.03. The number of carbonyl (C=O) groups is 1. The zero-order valence-corrected chi connectivity index (χ0v) is 18.8. The van der Waals surface area contributed by atoms with Gasteiger partial charge >= 0.3 is 0 Å². The first-order valence-corrected chi connectivity index (χ1v) is 10.6. The van der Waals surface area contributed by atoms with Crippen LogP contribution in [0.1, 0.15) is 21.6 Å². The molecule has 9 heteroatoms. The van der Waals surface area contributed by atoms with Gasteiger partial charge in [-0.15, -0.1) is 0 Å². The fraction of sp³-hybridized carbons (Fsp3) is 0.348. The van der Waals surface area contributed by atoms with E-state index in [-0.39, 0.29) is 5.82 Å². The van der Waals surface area contributed by atoms with E-state index in [4.69, 9.17) is 0 Å². The molecule has 168 valence electrons. The number of anilines is 2. The first-order chi connectivity index (χ1) is 15.4. The van der Waals surface area contributed by atoms with Crippen molar-refractivity contribution in [3.05, 3.63) is 53.4 Å². The second-order valence-corrected chi connectivity index (χ2v) is 7.99. The number of fused-ring (bicyclic) bond motifs is 2. The van der Waals surface area contributed by atoms with Gasteiger partial charge in [-0.3, -0.25) is 9.48 Å². The maximum absolute atomic E-state index is 13.3. The molecule has 5 rings (SSSR count). The number of benzene rings is 1.